The maximum Gasteiger partial charge on any atom is 0.231 e. The third-order valence-electron chi connectivity index (χ3n) is 5.46. The molecule has 1 heterocycles. The van der Waals surface area contributed by atoms with Crippen molar-refractivity contribution in [2.24, 2.45) is 0 Å². The van der Waals surface area contributed by atoms with Gasteiger partial charge in [-0.1, -0.05) is 48.5 Å². The number of imidazole rings is 1. The second-order valence-corrected chi connectivity index (χ2v) is 8.20. The lowest BCUT2D eigenvalue weighted by Crippen LogP contribution is -2.32. The molecule has 1 aromatic heterocycles. The Morgan fingerprint density at radius 1 is 0.971 bits per heavy atom. The molecule has 0 radical (unpaired) electrons. The van der Waals surface area contributed by atoms with Gasteiger partial charge in [-0.15, -0.1) is 0 Å². The van der Waals surface area contributed by atoms with Gasteiger partial charge in [0.25, 0.3) is 0 Å². The van der Waals surface area contributed by atoms with Crippen LogP contribution < -0.4 is 15.4 Å². The van der Waals surface area contributed by atoms with Gasteiger partial charge in [-0.3, -0.25) is 4.79 Å². The van der Waals surface area contributed by atoms with Crippen molar-refractivity contribution in [1.82, 2.24) is 14.9 Å². The summed E-state index contributed by atoms with van der Waals surface area (Å²) in [5, 5.41) is 16.3. The fraction of sp³-hybridized carbons (Fsp3) is 0.214. The molecule has 3 N–H and O–H groups in total. The van der Waals surface area contributed by atoms with E-state index in [2.05, 4.69) is 15.6 Å². The molecule has 35 heavy (non-hydrogen) atoms. The van der Waals surface area contributed by atoms with Crippen LogP contribution in [-0.2, 0) is 17.6 Å². The summed E-state index contributed by atoms with van der Waals surface area (Å²) in [6, 6.07) is 27.1. The smallest absolute Gasteiger partial charge is 0.231 e. The van der Waals surface area contributed by atoms with Crippen molar-refractivity contribution in [3.05, 3.63) is 109 Å². The number of aliphatic hydroxyl groups is 1. The number of hydrogen-bond donors (Lipinski definition) is 3. The summed E-state index contributed by atoms with van der Waals surface area (Å²) in [5.74, 6) is 1.32. The Hall–Kier alpha value is -3.94. The molecule has 180 valence electrons. The second kappa shape index (κ2) is 12.5. The van der Waals surface area contributed by atoms with Crippen molar-refractivity contribution in [2.45, 2.75) is 18.9 Å². The highest BCUT2D eigenvalue weighted by molar-refractivity contribution is 5.91. The van der Waals surface area contributed by atoms with Crippen molar-refractivity contribution in [3.8, 4) is 11.4 Å². The number of benzene rings is 3. The van der Waals surface area contributed by atoms with E-state index in [1.54, 1.807) is 6.20 Å². The first-order valence-corrected chi connectivity index (χ1v) is 11.7. The van der Waals surface area contributed by atoms with Gasteiger partial charge in [-0.25, -0.2) is 4.98 Å². The Bertz CT molecular complexity index is 1180. The molecule has 0 spiro atoms. The minimum absolute atomic E-state index is 0.116. The first-order valence-electron chi connectivity index (χ1n) is 11.7. The lowest BCUT2D eigenvalue weighted by atomic mass is 10.1. The van der Waals surface area contributed by atoms with E-state index in [1.165, 1.54) is 0 Å². The van der Waals surface area contributed by atoms with Crippen LogP contribution in [0.3, 0.4) is 0 Å². The number of para-hydroxylation sites is 2. The topological polar surface area (TPSA) is 88.4 Å². The molecule has 0 saturated heterocycles. The summed E-state index contributed by atoms with van der Waals surface area (Å²) in [7, 11) is 0. The van der Waals surface area contributed by atoms with Gasteiger partial charge < -0.3 is 25.0 Å². The molecule has 3 aromatic carbocycles. The molecule has 0 saturated carbocycles. The van der Waals surface area contributed by atoms with Gasteiger partial charge in [0.1, 0.15) is 24.3 Å². The minimum Gasteiger partial charge on any atom is -0.491 e. The van der Waals surface area contributed by atoms with Crippen LogP contribution in [0.4, 0.5) is 5.69 Å². The first-order chi connectivity index (χ1) is 17.2. The van der Waals surface area contributed by atoms with Crippen LogP contribution in [-0.4, -0.2) is 46.4 Å². The lowest BCUT2D eigenvalue weighted by molar-refractivity contribution is -0.115. The zero-order valence-electron chi connectivity index (χ0n) is 19.5. The molecule has 1 atom stereocenters. The predicted molar refractivity (Wildman–Crippen MR) is 137 cm³/mol. The zero-order chi connectivity index (χ0) is 24.3. The predicted octanol–water partition coefficient (Wildman–Crippen LogP) is 3.63. The highest BCUT2D eigenvalue weighted by Gasteiger charge is 2.11. The number of amides is 1. The third-order valence-corrected chi connectivity index (χ3v) is 5.46. The van der Waals surface area contributed by atoms with E-state index in [9.17, 15) is 9.90 Å². The number of anilines is 1. The Balaban J connectivity index is 1.17. The van der Waals surface area contributed by atoms with Crippen LogP contribution in [0, 0.1) is 0 Å². The van der Waals surface area contributed by atoms with E-state index in [1.807, 2.05) is 95.7 Å². The normalized spacial score (nSPS) is 11.7. The molecule has 0 unspecified atom stereocenters. The first kappa shape index (κ1) is 24.2. The fourth-order valence-electron chi connectivity index (χ4n) is 3.66. The molecule has 4 aromatic rings. The van der Waals surface area contributed by atoms with Gasteiger partial charge in [-0.05, 0) is 54.9 Å². The maximum absolute atomic E-state index is 12.6. The van der Waals surface area contributed by atoms with Gasteiger partial charge in [0.2, 0.25) is 5.91 Å². The number of aromatic nitrogens is 2. The summed E-state index contributed by atoms with van der Waals surface area (Å²) in [5.41, 5.74) is 2.87. The molecule has 7 nitrogen and oxygen atoms in total. The molecular formula is C28H30N4O3. The molecule has 0 aliphatic heterocycles. The summed E-state index contributed by atoms with van der Waals surface area (Å²) in [6.07, 6.45) is 3.98. The van der Waals surface area contributed by atoms with Crippen LogP contribution in [0.15, 0.2) is 97.3 Å². The molecule has 4 rings (SSSR count). The quantitative estimate of drug-likeness (QED) is 0.275. The molecular weight excluding hydrogens is 440 g/mol. The number of nitrogens with zero attached hydrogens (tertiary/aromatic N) is 2. The van der Waals surface area contributed by atoms with Gasteiger partial charge >= 0.3 is 0 Å². The molecule has 0 aliphatic rings. The SMILES string of the molecule is O=C(Cc1nccn1-c1ccccc1)Nc1ccc(CCNC[C@H](O)COc2ccccc2)cc1. The molecule has 7 heteroatoms. The molecule has 0 aliphatic carbocycles. The van der Waals surface area contributed by atoms with E-state index in [0.717, 1.165) is 35.7 Å². The van der Waals surface area contributed by atoms with Gasteiger partial charge in [-0.2, -0.15) is 0 Å². The van der Waals surface area contributed by atoms with Gasteiger partial charge in [0.15, 0.2) is 0 Å². The van der Waals surface area contributed by atoms with Crippen molar-refractivity contribution >= 4 is 11.6 Å². The van der Waals surface area contributed by atoms with Crippen molar-refractivity contribution in [3.63, 3.8) is 0 Å². The van der Waals surface area contributed by atoms with Crippen molar-refractivity contribution in [2.75, 3.05) is 25.0 Å². The average molecular weight is 471 g/mol. The fourth-order valence-corrected chi connectivity index (χ4v) is 3.66. The van der Waals surface area contributed by atoms with E-state index >= 15 is 0 Å². The number of aliphatic hydroxyl groups excluding tert-OH is 1. The van der Waals surface area contributed by atoms with E-state index in [4.69, 9.17) is 4.74 Å². The average Bonchev–Trinajstić information content (AvgIpc) is 3.35. The number of carbonyl (C=O) groups is 1. The van der Waals surface area contributed by atoms with E-state index in [-0.39, 0.29) is 18.9 Å². The standard InChI is InChI=1S/C28H30N4O3/c33-25(21-35-26-9-5-2-6-10-26)20-29-16-15-22-11-13-23(14-12-22)31-28(34)19-27-30-17-18-32(27)24-7-3-1-4-8-24/h1-14,17-18,25,29,33H,15-16,19-21H2,(H,31,34)/t25-/m0/s1. The zero-order valence-corrected chi connectivity index (χ0v) is 19.5. The van der Waals surface area contributed by atoms with Crippen LogP contribution >= 0.6 is 0 Å². The van der Waals surface area contributed by atoms with Crippen LogP contribution in [0.1, 0.15) is 11.4 Å². The number of ether oxygens (including phenoxy) is 1. The maximum atomic E-state index is 12.6. The van der Waals surface area contributed by atoms with Crippen LogP contribution in [0.2, 0.25) is 0 Å². The lowest BCUT2D eigenvalue weighted by Gasteiger charge is -2.13. The Morgan fingerprint density at radius 2 is 1.69 bits per heavy atom. The van der Waals surface area contributed by atoms with Crippen molar-refractivity contribution in [1.29, 1.82) is 0 Å². The monoisotopic (exact) mass is 470 g/mol. The van der Waals surface area contributed by atoms with Gasteiger partial charge in [0, 0.05) is 30.3 Å². The van der Waals surface area contributed by atoms with E-state index < -0.39 is 6.10 Å². The van der Waals surface area contributed by atoms with E-state index in [0.29, 0.717) is 12.4 Å². The van der Waals surface area contributed by atoms with Crippen LogP contribution in [0.25, 0.3) is 5.69 Å². The van der Waals surface area contributed by atoms with Crippen molar-refractivity contribution < 1.29 is 14.6 Å². The second-order valence-electron chi connectivity index (χ2n) is 8.20. The molecule has 0 bridgehead atoms. The third kappa shape index (κ3) is 7.53. The largest absolute Gasteiger partial charge is 0.491 e. The van der Waals surface area contributed by atoms with Crippen LogP contribution in [0.5, 0.6) is 5.75 Å². The van der Waals surface area contributed by atoms with Gasteiger partial charge in [0.05, 0.1) is 6.42 Å². The Kier molecular flexibility index (Phi) is 8.64. The summed E-state index contributed by atoms with van der Waals surface area (Å²) >= 11 is 0. The summed E-state index contributed by atoms with van der Waals surface area (Å²) in [6.45, 7) is 1.44. The number of nitrogens with one attached hydrogen (secondary N) is 2. The Morgan fingerprint density at radius 3 is 2.43 bits per heavy atom. The highest BCUT2D eigenvalue weighted by atomic mass is 16.5. The summed E-state index contributed by atoms with van der Waals surface area (Å²) in [4.78, 5) is 16.9. The highest BCUT2D eigenvalue weighted by Crippen LogP contribution is 2.13. The summed E-state index contributed by atoms with van der Waals surface area (Å²) < 4.78 is 7.48. The number of hydrogen-bond acceptors (Lipinski definition) is 5. The Labute approximate surface area is 205 Å². The minimum atomic E-state index is -0.578. The molecule has 0 fully saturated rings. The molecule has 1 amide bonds. The number of rotatable bonds is 12. The number of carbonyl (C=O) groups excluding carboxylic acids is 1.